The lowest BCUT2D eigenvalue weighted by atomic mass is 9.88. The molecule has 0 fully saturated rings. The van der Waals surface area contributed by atoms with Crippen molar-refractivity contribution >= 4 is 0 Å². The Kier molecular flexibility index (Phi) is 26.6. The average Bonchev–Trinajstić information content (AvgIpc) is 2.91. The van der Waals surface area contributed by atoms with E-state index in [0.717, 1.165) is 47.3 Å². The molecule has 8 atom stereocenters. The zero-order valence-corrected chi connectivity index (χ0v) is 30.2. The molecule has 0 rings (SSSR count). The fourth-order valence-corrected chi connectivity index (χ4v) is 6.73. The quantitative estimate of drug-likeness (QED) is 0.0850. The van der Waals surface area contributed by atoms with Crippen LogP contribution in [0.3, 0.4) is 0 Å². The van der Waals surface area contributed by atoms with Crippen molar-refractivity contribution in [2.75, 3.05) is 0 Å². The van der Waals surface area contributed by atoms with Crippen molar-refractivity contribution in [3.05, 3.63) is 0 Å². The van der Waals surface area contributed by atoms with E-state index in [0.29, 0.717) is 0 Å². The van der Waals surface area contributed by atoms with Crippen LogP contribution in [0.15, 0.2) is 0 Å². The van der Waals surface area contributed by atoms with Crippen LogP contribution in [0.2, 0.25) is 0 Å². The molecule has 0 heteroatoms. The second-order valence-electron chi connectivity index (χ2n) is 15.8. The van der Waals surface area contributed by atoms with Crippen LogP contribution < -0.4 is 0 Å². The van der Waals surface area contributed by atoms with Crippen molar-refractivity contribution in [1.29, 1.82) is 0 Å². The maximum atomic E-state index is 2.52. The topological polar surface area (TPSA) is 0 Å². The van der Waals surface area contributed by atoms with Crippen molar-refractivity contribution in [3.63, 3.8) is 0 Å². The van der Waals surface area contributed by atoms with Gasteiger partial charge < -0.3 is 0 Å². The molecule has 0 saturated carbocycles. The predicted molar refractivity (Wildman–Crippen MR) is 186 cm³/mol. The van der Waals surface area contributed by atoms with E-state index >= 15 is 0 Å². The first kappa shape index (κ1) is 40.0. The van der Waals surface area contributed by atoms with Crippen LogP contribution in [0, 0.1) is 47.3 Å². The monoisotopic (exact) mass is 563 g/mol. The van der Waals surface area contributed by atoms with Crippen LogP contribution in [0.4, 0.5) is 0 Å². The van der Waals surface area contributed by atoms with E-state index in [4.69, 9.17) is 0 Å². The van der Waals surface area contributed by atoms with Crippen LogP contribution in [-0.4, -0.2) is 0 Å². The van der Waals surface area contributed by atoms with E-state index in [1.807, 2.05) is 0 Å². The highest BCUT2D eigenvalue weighted by atomic mass is 14.2. The molecule has 0 aliphatic heterocycles. The molecule has 0 heterocycles. The SMILES string of the molecule is CCC(C)CCCC(C)CCCC(C)CCCC(C)CCC(C)CCCC(C)CCCC(C)CCCC(C)CC. The van der Waals surface area contributed by atoms with Crippen molar-refractivity contribution in [2.24, 2.45) is 47.3 Å². The molecular weight excluding hydrogens is 480 g/mol. The Bertz CT molecular complexity index is 462. The lowest BCUT2D eigenvalue weighted by Crippen LogP contribution is -2.04. The van der Waals surface area contributed by atoms with Crippen LogP contribution in [0.5, 0.6) is 0 Å². The lowest BCUT2D eigenvalue weighted by Gasteiger charge is -2.18. The molecule has 0 N–H and O–H groups in total. The van der Waals surface area contributed by atoms with Gasteiger partial charge in [-0.25, -0.2) is 0 Å². The number of hydrogen-bond donors (Lipinski definition) is 0. The molecule has 0 nitrogen and oxygen atoms in total. The highest BCUT2D eigenvalue weighted by molar-refractivity contribution is 4.65. The smallest absolute Gasteiger partial charge is 0.0443 e. The van der Waals surface area contributed by atoms with Gasteiger partial charge in [0.2, 0.25) is 0 Å². The molecular formula is C40H82. The summed E-state index contributed by atoms with van der Waals surface area (Å²) in [4.78, 5) is 0. The molecule has 8 unspecified atom stereocenters. The zero-order chi connectivity index (χ0) is 30.2. The van der Waals surface area contributed by atoms with Crippen molar-refractivity contribution in [3.8, 4) is 0 Å². The minimum absolute atomic E-state index is 0.922. The fourth-order valence-electron chi connectivity index (χ4n) is 6.73. The van der Waals surface area contributed by atoms with Crippen LogP contribution in [0.25, 0.3) is 0 Å². The molecule has 0 aromatic rings. The molecule has 0 spiro atoms. The first-order valence-electron chi connectivity index (χ1n) is 19.1. The molecule has 0 aliphatic carbocycles. The maximum Gasteiger partial charge on any atom is -0.0443 e. The summed E-state index contributed by atoms with van der Waals surface area (Å²) >= 11 is 0. The summed E-state index contributed by atoms with van der Waals surface area (Å²) in [6.45, 7) is 24.5. The van der Waals surface area contributed by atoms with E-state index in [2.05, 4.69) is 69.2 Å². The second kappa shape index (κ2) is 26.6. The van der Waals surface area contributed by atoms with Gasteiger partial charge in [0.25, 0.3) is 0 Å². The van der Waals surface area contributed by atoms with Crippen LogP contribution >= 0.6 is 0 Å². The Hall–Kier alpha value is 0. The predicted octanol–water partition coefficient (Wildman–Crippen LogP) is 14.7. The average molecular weight is 563 g/mol. The first-order valence-corrected chi connectivity index (χ1v) is 19.1. The fraction of sp³-hybridized carbons (Fsp3) is 1.00. The van der Waals surface area contributed by atoms with Crippen molar-refractivity contribution < 1.29 is 0 Å². The summed E-state index contributed by atoms with van der Waals surface area (Å²) in [6, 6.07) is 0. The molecule has 0 amide bonds. The zero-order valence-electron chi connectivity index (χ0n) is 30.2. The van der Waals surface area contributed by atoms with Gasteiger partial charge >= 0.3 is 0 Å². The number of rotatable bonds is 29. The third-order valence-electron chi connectivity index (χ3n) is 10.9. The Labute approximate surface area is 257 Å². The summed E-state index contributed by atoms with van der Waals surface area (Å²) in [5.74, 6) is 7.42. The van der Waals surface area contributed by atoms with E-state index in [9.17, 15) is 0 Å². The van der Waals surface area contributed by atoms with Crippen molar-refractivity contribution in [1.82, 2.24) is 0 Å². The van der Waals surface area contributed by atoms with Gasteiger partial charge in [-0.2, -0.15) is 0 Å². The molecule has 0 bridgehead atoms. The maximum absolute atomic E-state index is 2.52. The highest BCUT2D eigenvalue weighted by Gasteiger charge is 2.11. The van der Waals surface area contributed by atoms with Gasteiger partial charge in [-0.3, -0.25) is 0 Å². The Morgan fingerprint density at radius 3 is 0.550 bits per heavy atom. The molecule has 0 aromatic heterocycles. The largest absolute Gasteiger partial charge is 0.0651 e. The molecule has 40 heavy (non-hydrogen) atoms. The summed E-state index contributed by atoms with van der Waals surface area (Å²) < 4.78 is 0. The van der Waals surface area contributed by atoms with Gasteiger partial charge in [-0.05, 0) is 47.3 Å². The Morgan fingerprint density at radius 2 is 0.375 bits per heavy atom. The first-order chi connectivity index (χ1) is 19.1. The summed E-state index contributed by atoms with van der Waals surface area (Å²) in [7, 11) is 0. The highest BCUT2D eigenvalue weighted by Crippen LogP contribution is 2.26. The third-order valence-corrected chi connectivity index (χ3v) is 10.9. The molecule has 242 valence electrons. The lowest BCUT2D eigenvalue weighted by molar-refractivity contribution is 0.345. The Balaban J connectivity index is 3.70. The second-order valence-corrected chi connectivity index (χ2v) is 15.8. The molecule has 0 aliphatic rings. The number of hydrogen-bond acceptors (Lipinski definition) is 0. The van der Waals surface area contributed by atoms with E-state index in [-0.39, 0.29) is 0 Å². The van der Waals surface area contributed by atoms with Crippen LogP contribution in [0.1, 0.15) is 210 Å². The standard InChI is InChI=1S/C40H82/c1-11-33(3)19-13-21-35(5)23-15-25-37(7)27-17-29-39(9)31-32-40(10)30-18-28-38(8)26-16-24-36(6)22-14-20-34(4)12-2/h33-40H,11-32H2,1-10H3. The van der Waals surface area contributed by atoms with E-state index in [1.165, 1.54) is 141 Å². The normalized spacial score (nSPS) is 18.1. The third kappa shape index (κ3) is 25.7. The minimum atomic E-state index is 0.922. The van der Waals surface area contributed by atoms with Crippen LogP contribution in [-0.2, 0) is 0 Å². The van der Waals surface area contributed by atoms with E-state index < -0.39 is 0 Å². The Morgan fingerprint density at radius 1 is 0.225 bits per heavy atom. The molecule has 0 radical (unpaired) electrons. The molecule has 0 aromatic carbocycles. The van der Waals surface area contributed by atoms with Gasteiger partial charge in [0, 0.05) is 0 Å². The van der Waals surface area contributed by atoms with E-state index in [1.54, 1.807) is 0 Å². The molecule has 0 saturated heterocycles. The minimum Gasteiger partial charge on any atom is -0.0651 e. The van der Waals surface area contributed by atoms with Gasteiger partial charge in [0.05, 0.1) is 0 Å². The van der Waals surface area contributed by atoms with Gasteiger partial charge in [0.1, 0.15) is 0 Å². The van der Waals surface area contributed by atoms with Gasteiger partial charge in [-0.15, -0.1) is 0 Å². The summed E-state index contributed by atoms with van der Waals surface area (Å²) in [5.41, 5.74) is 0. The summed E-state index contributed by atoms with van der Waals surface area (Å²) in [6.07, 6.45) is 31.7. The van der Waals surface area contributed by atoms with Gasteiger partial charge in [0.15, 0.2) is 0 Å². The van der Waals surface area contributed by atoms with Crippen molar-refractivity contribution in [2.45, 2.75) is 210 Å². The van der Waals surface area contributed by atoms with Gasteiger partial charge in [-0.1, -0.05) is 210 Å². The summed E-state index contributed by atoms with van der Waals surface area (Å²) in [5, 5.41) is 0.